The van der Waals surface area contributed by atoms with E-state index in [1.54, 1.807) is 0 Å². The largest absolute Gasteiger partial charge is 0.311 e. The van der Waals surface area contributed by atoms with E-state index in [0.29, 0.717) is 11.3 Å². The van der Waals surface area contributed by atoms with E-state index >= 15 is 0 Å². The molecule has 0 aromatic heterocycles. The third-order valence-electron chi connectivity index (χ3n) is 4.57. The first-order valence-corrected chi connectivity index (χ1v) is 9.62. The van der Waals surface area contributed by atoms with Crippen molar-refractivity contribution in [1.82, 2.24) is 14.1 Å². The number of nitrogens with zero attached hydrogens (tertiary/aromatic N) is 2. The number of fused-ring (bicyclic) bond motifs is 1. The first kappa shape index (κ1) is 14.9. The minimum atomic E-state index is 0.461. The van der Waals surface area contributed by atoms with Gasteiger partial charge in [0.1, 0.15) is 0 Å². The molecule has 2 N–H and O–H groups in total. The number of nitrogens with one attached hydrogen (secondary N) is 1. The SMILES string of the molecule is CCCCS[C@@H]1CCC2CCCN2[C@@H]1C1=CN(O)SN1. The molecule has 0 saturated carbocycles. The molecule has 3 aliphatic rings. The minimum Gasteiger partial charge on any atom is -0.311 e. The molecule has 6 heteroatoms. The van der Waals surface area contributed by atoms with E-state index in [9.17, 15) is 5.21 Å². The summed E-state index contributed by atoms with van der Waals surface area (Å²) in [6.07, 6.45) is 9.80. The quantitative estimate of drug-likeness (QED) is 0.599. The van der Waals surface area contributed by atoms with Crippen LogP contribution in [0.3, 0.4) is 0 Å². The summed E-state index contributed by atoms with van der Waals surface area (Å²) in [6.45, 7) is 3.48. The van der Waals surface area contributed by atoms with Gasteiger partial charge < -0.3 is 4.72 Å². The summed E-state index contributed by atoms with van der Waals surface area (Å²) in [6, 6.07) is 1.23. The normalized spacial score (nSPS) is 34.0. The summed E-state index contributed by atoms with van der Waals surface area (Å²) >= 11 is 3.41. The maximum atomic E-state index is 9.60. The van der Waals surface area contributed by atoms with Crippen LogP contribution in [-0.4, -0.2) is 44.2 Å². The Balaban J connectivity index is 1.72. The fourth-order valence-electron chi connectivity index (χ4n) is 3.60. The highest BCUT2D eigenvalue weighted by Crippen LogP contribution is 2.40. The first-order valence-electron chi connectivity index (χ1n) is 7.79. The van der Waals surface area contributed by atoms with Gasteiger partial charge in [-0.05, 0) is 44.4 Å². The Kier molecular flexibility index (Phi) is 5.07. The maximum Gasteiger partial charge on any atom is 0.0945 e. The molecule has 3 heterocycles. The third-order valence-corrected chi connectivity index (χ3v) is 6.64. The van der Waals surface area contributed by atoms with Gasteiger partial charge in [0, 0.05) is 11.3 Å². The van der Waals surface area contributed by atoms with Crippen LogP contribution in [0.4, 0.5) is 0 Å². The fraction of sp³-hybridized carbons (Fsp3) is 0.857. The van der Waals surface area contributed by atoms with Crippen molar-refractivity contribution in [2.24, 2.45) is 0 Å². The van der Waals surface area contributed by atoms with Gasteiger partial charge in [0.15, 0.2) is 0 Å². The van der Waals surface area contributed by atoms with Crippen LogP contribution in [0.25, 0.3) is 0 Å². The summed E-state index contributed by atoms with van der Waals surface area (Å²) in [5.74, 6) is 1.26. The summed E-state index contributed by atoms with van der Waals surface area (Å²) in [5, 5.41) is 10.3. The number of hydrogen-bond donors (Lipinski definition) is 2. The lowest BCUT2D eigenvalue weighted by Crippen LogP contribution is -2.51. The molecule has 114 valence electrons. The Morgan fingerprint density at radius 2 is 2.35 bits per heavy atom. The molecular weight excluding hydrogens is 290 g/mol. The molecule has 3 aliphatic heterocycles. The molecule has 2 saturated heterocycles. The van der Waals surface area contributed by atoms with Gasteiger partial charge >= 0.3 is 0 Å². The van der Waals surface area contributed by atoms with Crippen molar-refractivity contribution in [2.45, 2.75) is 62.8 Å². The lowest BCUT2D eigenvalue weighted by molar-refractivity contribution is 0.0695. The highest BCUT2D eigenvalue weighted by Gasteiger charge is 2.42. The topological polar surface area (TPSA) is 38.7 Å². The van der Waals surface area contributed by atoms with Gasteiger partial charge in [-0.1, -0.05) is 13.3 Å². The van der Waals surface area contributed by atoms with Crippen molar-refractivity contribution in [2.75, 3.05) is 12.3 Å². The second-order valence-corrected chi connectivity index (χ2v) is 8.01. The zero-order valence-corrected chi connectivity index (χ0v) is 13.8. The summed E-state index contributed by atoms with van der Waals surface area (Å²) in [5.41, 5.74) is 1.19. The highest BCUT2D eigenvalue weighted by molar-refractivity contribution is 8.00. The summed E-state index contributed by atoms with van der Waals surface area (Å²) in [4.78, 5) is 2.69. The zero-order valence-electron chi connectivity index (χ0n) is 12.1. The van der Waals surface area contributed by atoms with Crippen LogP contribution >= 0.6 is 23.9 Å². The van der Waals surface area contributed by atoms with Crippen molar-refractivity contribution in [1.29, 1.82) is 0 Å². The Hall–Kier alpha value is -0.0400. The predicted octanol–water partition coefficient (Wildman–Crippen LogP) is 3.21. The van der Waals surface area contributed by atoms with Crippen molar-refractivity contribution in [3.63, 3.8) is 0 Å². The van der Waals surface area contributed by atoms with E-state index in [2.05, 4.69) is 28.3 Å². The Morgan fingerprint density at radius 3 is 3.10 bits per heavy atom. The standard InChI is InChI=1S/C14H25N3OS2/c1-2-3-9-19-13-7-6-11-5-4-8-16(11)14(13)12-10-17(18)20-15-12/h10-11,13-15,18H,2-9H2,1H3/t11?,13-,14-/m1/s1. The molecule has 0 bridgehead atoms. The fourth-order valence-corrected chi connectivity index (χ4v) is 5.69. The second kappa shape index (κ2) is 6.81. The number of unbranched alkanes of at least 4 members (excludes halogenated alkanes) is 1. The lowest BCUT2D eigenvalue weighted by atomic mass is 9.94. The summed E-state index contributed by atoms with van der Waals surface area (Å²) in [7, 11) is 0. The molecule has 0 amide bonds. The molecule has 4 nitrogen and oxygen atoms in total. The lowest BCUT2D eigenvalue weighted by Gasteiger charge is -2.43. The number of rotatable bonds is 5. The molecule has 1 unspecified atom stereocenters. The molecule has 20 heavy (non-hydrogen) atoms. The minimum absolute atomic E-state index is 0.461. The number of thioether (sulfide) groups is 1. The predicted molar refractivity (Wildman–Crippen MR) is 86.3 cm³/mol. The van der Waals surface area contributed by atoms with Crippen LogP contribution in [0, 0.1) is 0 Å². The molecule has 3 rings (SSSR count). The Labute approximate surface area is 130 Å². The van der Waals surface area contributed by atoms with Crippen LogP contribution in [0.1, 0.15) is 45.4 Å². The van der Waals surface area contributed by atoms with Crippen LogP contribution in [-0.2, 0) is 0 Å². The highest BCUT2D eigenvalue weighted by atomic mass is 32.2. The second-order valence-electron chi connectivity index (χ2n) is 5.90. The zero-order chi connectivity index (χ0) is 13.9. The van der Waals surface area contributed by atoms with Gasteiger partial charge in [-0.15, -0.1) is 0 Å². The third kappa shape index (κ3) is 3.08. The van der Waals surface area contributed by atoms with Crippen LogP contribution < -0.4 is 4.72 Å². The monoisotopic (exact) mass is 315 g/mol. The van der Waals surface area contributed by atoms with Gasteiger partial charge in [0.2, 0.25) is 0 Å². The molecular formula is C14H25N3OS2. The molecule has 0 aromatic rings. The summed E-state index contributed by atoms with van der Waals surface area (Å²) < 4.78 is 4.51. The van der Waals surface area contributed by atoms with E-state index in [0.717, 1.165) is 6.04 Å². The van der Waals surface area contributed by atoms with E-state index in [-0.39, 0.29) is 0 Å². The molecule has 0 radical (unpaired) electrons. The van der Waals surface area contributed by atoms with Gasteiger partial charge in [-0.2, -0.15) is 16.2 Å². The Bertz CT molecular complexity index is 366. The molecule has 0 spiro atoms. The Morgan fingerprint density at radius 1 is 1.45 bits per heavy atom. The van der Waals surface area contributed by atoms with Crippen molar-refractivity contribution in [3.8, 4) is 0 Å². The van der Waals surface area contributed by atoms with E-state index in [4.69, 9.17) is 0 Å². The van der Waals surface area contributed by atoms with E-state index < -0.39 is 0 Å². The van der Waals surface area contributed by atoms with Crippen LogP contribution in [0.2, 0.25) is 0 Å². The van der Waals surface area contributed by atoms with Crippen molar-refractivity contribution in [3.05, 3.63) is 11.9 Å². The van der Waals surface area contributed by atoms with Crippen molar-refractivity contribution < 1.29 is 5.21 Å². The molecule has 0 aromatic carbocycles. The van der Waals surface area contributed by atoms with Gasteiger partial charge in [-0.25, -0.2) is 0 Å². The number of hydrogen-bond acceptors (Lipinski definition) is 6. The smallest absolute Gasteiger partial charge is 0.0945 e. The van der Waals surface area contributed by atoms with Crippen LogP contribution in [0.5, 0.6) is 0 Å². The number of piperidine rings is 1. The molecule has 3 atom stereocenters. The molecule has 0 aliphatic carbocycles. The first-order chi connectivity index (χ1) is 9.79. The van der Waals surface area contributed by atoms with Gasteiger partial charge in [0.25, 0.3) is 0 Å². The number of hydroxylamine groups is 1. The average molecular weight is 316 g/mol. The van der Waals surface area contributed by atoms with E-state index in [1.807, 2.05) is 6.20 Å². The average Bonchev–Trinajstić information content (AvgIpc) is 3.07. The van der Waals surface area contributed by atoms with Crippen molar-refractivity contribution >= 4 is 23.9 Å². The van der Waals surface area contributed by atoms with Crippen LogP contribution in [0.15, 0.2) is 11.9 Å². The molecule has 2 fully saturated rings. The van der Waals surface area contributed by atoms with E-state index in [1.165, 1.54) is 73.1 Å². The maximum absolute atomic E-state index is 9.60. The van der Waals surface area contributed by atoms with Gasteiger partial charge in [-0.3, -0.25) is 10.1 Å². The van der Waals surface area contributed by atoms with Gasteiger partial charge in [0.05, 0.1) is 30.1 Å².